The molecule has 9 aromatic rings. The van der Waals surface area contributed by atoms with Crippen LogP contribution < -0.4 is 0 Å². The molecule has 0 radical (unpaired) electrons. The number of nitriles is 1. The molecule has 1 aliphatic carbocycles. The molecule has 7 aromatic carbocycles. The molecule has 0 spiro atoms. The van der Waals surface area contributed by atoms with Gasteiger partial charge in [0.15, 0.2) is 5.82 Å². The van der Waals surface area contributed by atoms with Gasteiger partial charge >= 0.3 is 0 Å². The molecular weight excluding hydrogens is 657 g/mol. The largest absolute Gasteiger partial charge is 0.309 e. The van der Waals surface area contributed by atoms with Crippen LogP contribution in [0.3, 0.4) is 0 Å². The van der Waals surface area contributed by atoms with Crippen LogP contribution in [0.15, 0.2) is 170 Å². The number of benzene rings is 7. The summed E-state index contributed by atoms with van der Waals surface area (Å²) in [5.74, 6) is 0.644. The summed E-state index contributed by atoms with van der Waals surface area (Å²) in [6.45, 7) is 4.67. The highest BCUT2D eigenvalue weighted by Gasteiger charge is 2.36. The standard InChI is InChI=1S/C50H34N4/c1-50(2)43-19-11-9-17-39(43)41-28-42-40-18-10-12-20-47(40)54(48(42)29-44(41)50)38-26-36(33-23-21-32(31-51)22-24-33)25-37(27-38)49-52-45(34-13-5-3-6-14-34)30-46(53-49)35-15-7-4-8-16-35/h3-30H,1-2H3. The quantitative estimate of drug-likeness (QED) is 0.181. The maximum atomic E-state index is 9.59. The lowest BCUT2D eigenvalue weighted by Crippen LogP contribution is -2.15. The van der Waals surface area contributed by atoms with Gasteiger partial charge in [0.2, 0.25) is 0 Å². The van der Waals surface area contributed by atoms with Crippen molar-refractivity contribution in [3.63, 3.8) is 0 Å². The Bertz CT molecular complexity index is 2890. The summed E-state index contributed by atoms with van der Waals surface area (Å²) < 4.78 is 2.40. The van der Waals surface area contributed by atoms with E-state index in [1.54, 1.807) is 0 Å². The van der Waals surface area contributed by atoms with E-state index in [0.29, 0.717) is 11.4 Å². The maximum Gasteiger partial charge on any atom is 0.160 e. The van der Waals surface area contributed by atoms with Gasteiger partial charge in [0.05, 0.1) is 34.1 Å². The monoisotopic (exact) mass is 690 g/mol. The lowest BCUT2D eigenvalue weighted by molar-refractivity contribution is 0.661. The van der Waals surface area contributed by atoms with Gasteiger partial charge in [0.1, 0.15) is 0 Å². The molecule has 254 valence electrons. The summed E-state index contributed by atoms with van der Waals surface area (Å²) in [6, 6.07) is 61.7. The first-order valence-corrected chi connectivity index (χ1v) is 18.3. The van der Waals surface area contributed by atoms with Crippen molar-refractivity contribution in [1.82, 2.24) is 14.5 Å². The minimum absolute atomic E-state index is 0.142. The SMILES string of the molecule is CC1(C)c2ccccc2-c2cc3c4ccccc4n(-c4cc(-c5ccc(C#N)cc5)cc(-c5nc(-c6ccccc6)cc(-c6ccccc6)n5)c4)c3cc21. The highest BCUT2D eigenvalue weighted by Crippen LogP contribution is 2.51. The van der Waals surface area contributed by atoms with Gasteiger partial charge in [-0.05, 0) is 88.0 Å². The Hall–Kier alpha value is -7.09. The smallest absolute Gasteiger partial charge is 0.160 e. The Morgan fingerprint density at radius 1 is 0.481 bits per heavy atom. The van der Waals surface area contributed by atoms with E-state index in [1.807, 2.05) is 60.7 Å². The molecule has 4 heteroatoms. The van der Waals surface area contributed by atoms with Gasteiger partial charge in [-0.3, -0.25) is 0 Å². The van der Waals surface area contributed by atoms with Crippen LogP contribution in [-0.4, -0.2) is 14.5 Å². The molecule has 0 aliphatic heterocycles. The summed E-state index contributed by atoms with van der Waals surface area (Å²) in [5, 5.41) is 12.0. The third-order valence-corrected chi connectivity index (χ3v) is 11.0. The maximum absolute atomic E-state index is 9.59. The van der Waals surface area contributed by atoms with E-state index >= 15 is 0 Å². The van der Waals surface area contributed by atoms with E-state index in [1.165, 1.54) is 33.0 Å². The molecule has 2 heterocycles. The molecule has 1 aliphatic rings. The molecule has 0 saturated carbocycles. The van der Waals surface area contributed by atoms with Crippen LogP contribution in [0, 0.1) is 11.3 Å². The number of rotatable bonds is 5. The zero-order valence-corrected chi connectivity index (χ0v) is 30.0. The normalized spacial score (nSPS) is 12.8. The van der Waals surface area contributed by atoms with Crippen LogP contribution in [0.25, 0.3) is 83.6 Å². The van der Waals surface area contributed by atoms with Crippen molar-refractivity contribution in [2.45, 2.75) is 19.3 Å². The number of para-hydroxylation sites is 1. The molecule has 10 rings (SSSR count). The Labute approximate surface area is 314 Å². The van der Waals surface area contributed by atoms with E-state index in [0.717, 1.165) is 55.9 Å². The highest BCUT2D eigenvalue weighted by atomic mass is 15.0. The summed E-state index contributed by atoms with van der Waals surface area (Å²) in [6.07, 6.45) is 0. The number of hydrogen-bond donors (Lipinski definition) is 0. The Balaban J connectivity index is 1.26. The van der Waals surface area contributed by atoms with Gasteiger partial charge in [-0.2, -0.15) is 5.26 Å². The number of nitrogens with zero attached hydrogens (tertiary/aromatic N) is 4. The average Bonchev–Trinajstić information content (AvgIpc) is 3.68. The van der Waals surface area contributed by atoms with Gasteiger partial charge in [-0.1, -0.05) is 129 Å². The summed E-state index contributed by atoms with van der Waals surface area (Å²) in [4.78, 5) is 10.5. The van der Waals surface area contributed by atoms with Crippen LogP contribution in [0.5, 0.6) is 0 Å². The van der Waals surface area contributed by atoms with Crippen LogP contribution >= 0.6 is 0 Å². The molecule has 0 unspecified atom stereocenters. The first kappa shape index (κ1) is 31.6. The summed E-state index contributed by atoms with van der Waals surface area (Å²) >= 11 is 0. The molecule has 0 saturated heterocycles. The van der Waals surface area contributed by atoms with Gasteiger partial charge in [0, 0.05) is 38.6 Å². The molecule has 2 aromatic heterocycles. The van der Waals surface area contributed by atoms with Gasteiger partial charge in [-0.15, -0.1) is 0 Å². The highest BCUT2D eigenvalue weighted by molar-refractivity contribution is 6.11. The molecule has 54 heavy (non-hydrogen) atoms. The van der Waals surface area contributed by atoms with Crippen molar-refractivity contribution in [1.29, 1.82) is 5.26 Å². The van der Waals surface area contributed by atoms with Gasteiger partial charge in [-0.25, -0.2) is 9.97 Å². The molecule has 0 atom stereocenters. The van der Waals surface area contributed by atoms with Crippen LogP contribution in [0.2, 0.25) is 0 Å². The molecule has 0 fully saturated rings. The zero-order chi connectivity index (χ0) is 36.4. The molecular formula is C50H34N4. The Morgan fingerprint density at radius 2 is 1.11 bits per heavy atom. The second-order valence-corrected chi connectivity index (χ2v) is 14.6. The topological polar surface area (TPSA) is 54.5 Å². The van der Waals surface area contributed by atoms with Crippen molar-refractivity contribution in [2.24, 2.45) is 0 Å². The second kappa shape index (κ2) is 12.3. The minimum atomic E-state index is -0.142. The van der Waals surface area contributed by atoms with E-state index in [-0.39, 0.29) is 5.41 Å². The van der Waals surface area contributed by atoms with Crippen molar-refractivity contribution < 1.29 is 0 Å². The fourth-order valence-electron chi connectivity index (χ4n) is 8.30. The summed E-state index contributed by atoms with van der Waals surface area (Å²) in [7, 11) is 0. The number of aromatic nitrogens is 3. The van der Waals surface area contributed by atoms with E-state index in [2.05, 4.69) is 134 Å². The van der Waals surface area contributed by atoms with E-state index < -0.39 is 0 Å². The lowest BCUT2D eigenvalue weighted by atomic mass is 9.82. The first-order chi connectivity index (χ1) is 26.5. The van der Waals surface area contributed by atoms with Gasteiger partial charge < -0.3 is 4.57 Å². The second-order valence-electron chi connectivity index (χ2n) is 14.6. The van der Waals surface area contributed by atoms with E-state index in [9.17, 15) is 5.26 Å². The zero-order valence-electron chi connectivity index (χ0n) is 30.0. The number of fused-ring (bicyclic) bond motifs is 6. The fourth-order valence-corrected chi connectivity index (χ4v) is 8.30. The molecule has 4 nitrogen and oxygen atoms in total. The Kier molecular flexibility index (Phi) is 7.18. The minimum Gasteiger partial charge on any atom is -0.309 e. The third kappa shape index (κ3) is 5.05. The van der Waals surface area contributed by atoms with Crippen LogP contribution in [-0.2, 0) is 5.41 Å². The molecule has 0 amide bonds. The molecule has 0 bridgehead atoms. The summed E-state index contributed by atoms with van der Waals surface area (Å²) in [5.41, 5.74) is 15.8. The molecule has 0 N–H and O–H groups in total. The van der Waals surface area contributed by atoms with Crippen molar-refractivity contribution >= 4 is 21.8 Å². The van der Waals surface area contributed by atoms with Crippen molar-refractivity contribution in [3.8, 4) is 67.9 Å². The van der Waals surface area contributed by atoms with Crippen LogP contribution in [0.1, 0.15) is 30.5 Å². The van der Waals surface area contributed by atoms with Crippen molar-refractivity contribution in [2.75, 3.05) is 0 Å². The first-order valence-electron chi connectivity index (χ1n) is 18.3. The van der Waals surface area contributed by atoms with Crippen molar-refractivity contribution in [3.05, 3.63) is 187 Å². The number of hydrogen-bond acceptors (Lipinski definition) is 3. The predicted molar refractivity (Wildman–Crippen MR) is 220 cm³/mol. The average molecular weight is 691 g/mol. The lowest BCUT2D eigenvalue weighted by Gasteiger charge is -2.22. The fraction of sp³-hybridized carbons (Fsp3) is 0.0600. The predicted octanol–water partition coefficient (Wildman–Crippen LogP) is 12.4. The van der Waals surface area contributed by atoms with Crippen LogP contribution in [0.4, 0.5) is 0 Å². The van der Waals surface area contributed by atoms with E-state index in [4.69, 9.17) is 9.97 Å². The Morgan fingerprint density at radius 3 is 1.81 bits per heavy atom. The third-order valence-electron chi connectivity index (χ3n) is 11.0. The van der Waals surface area contributed by atoms with Gasteiger partial charge in [0.25, 0.3) is 0 Å².